The quantitative estimate of drug-likeness (QED) is 0.869. The van der Waals surface area contributed by atoms with Crippen molar-refractivity contribution in [3.63, 3.8) is 0 Å². The van der Waals surface area contributed by atoms with Gasteiger partial charge in [0.2, 0.25) is 0 Å². The average molecular weight is 270 g/mol. The minimum atomic E-state index is -0.0169. The van der Waals surface area contributed by atoms with E-state index in [4.69, 9.17) is 0 Å². The fraction of sp³-hybridized carbons (Fsp3) is 0.471. The van der Waals surface area contributed by atoms with Crippen molar-refractivity contribution in [2.75, 3.05) is 4.90 Å². The Balaban J connectivity index is 1.65. The second-order valence-corrected chi connectivity index (χ2v) is 5.91. The van der Waals surface area contributed by atoms with E-state index in [1.54, 1.807) is 0 Å². The zero-order valence-corrected chi connectivity index (χ0v) is 12.0. The predicted molar refractivity (Wildman–Crippen MR) is 81.7 cm³/mol. The number of hydrogen-bond acceptors (Lipinski definition) is 1. The summed E-state index contributed by atoms with van der Waals surface area (Å²) in [6.45, 7) is 2.10. The SMILES string of the molecule is CC1Cc2ccccc2N1C(=O)N/C=C/C1CCCC1. The minimum Gasteiger partial charge on any atom is -0.315 e. The number of carbonyl (C=O) groups excluding carboxylic acids is 1. The molecule has 106 valence electrons. The van der Waals surface area contributed by atoms with Crippen molar-refractivity contribution in [1.82, 2.24) is 5.32 Å². The van der Waals surface area contributed by atoms with Gasteiger partial charge in [-0.15, -0.1) is 0 Å². The number of carbonyl (C=O) groups is 1. The van der Waals surface area contributed by atoms with E-state index in [0.717, 1.165) is 12.1 Å². The molecule has 3 heteroatoms. The van der Waals surface area contributed by atoms with Gasteiger partial charge in [0, 0.05) is 17.9 Å². The molecule has 1 unspecified atom stereocenters. The van der Waals surface area contributed by atoms with E-state index < -0.39 is 0 Å². The Bertz CT molecular complexity index is 517. The van der Waals surface area contributed by atoms with E-state index in [1.165, 1.54) is 31.2 Å². The van der Waals surface area contributed by atoms with Crippen LogP contribution in [0.25, 0.3) is 0 Å². The van der Waals surface area contributed by atoms with Crippen LogP contribution in [-0.2, 0) is 6.42 Å². The molecule has 0 bridgehead atoms. The van der Waals surface area contributed by atoms with Crippen molar-refractivity contribution in [3.8, 4) is 0 Å². The molecule has 2 aliphatic rings. The lowest BCUT2D eigenvalue weighted by Gasteiger charge is -2.22. The molecular weight excluding hydrogens is 248 g/mol. The van der Waals surface area contributed by atoms with Crippen molar-refractivity contribution >= 4 is 11.7 Å². The Kier molecular flexibility index (Phi) is 3.77. The van der Waals surface area contributed by atoms with Gasteiger partial charge in [0.05, 0.1) is 0 Å². The first kappa shape index (κ1) is 13.2. The van der Waals surface area contributed by atoms with Crippen molar-refractivity contribution in [2.45, 2.75) is 45.1 Å². The van der Waals surface area contributed by atoms with Crippen LogP contribution in [0, 0.1) is 5.92 Å². The lowest BCUT2D eigenvalue weighted by molar-refractivity contribution is 0.248. The van der Waals surface area contributed by atoms with Crippen molar-refractivity contribution < 1.29 is 4.79 Å². The third-order valence-electron chi connectivity index (χ3n) is 4.40. The number of nitrogens with zero attached hydrogens (tertiary/aromatic N) is 1. The van der Waals surface area contributed by atoms with Gasteiger partial charge in [0.1, 0.15) is 0 Å². The number of anilines is 1. The van der Waals surface area contributed by atoms with Gasteiger partial charge in [-0.3, -0.25) is 4.90 Å². The highest BCUT2D eigenvalue weighted by Crippen LogP contribution is 2.31. The largest absolute Gasteiger partial charge is 0.326 e. The number of nitrogens with one attached hydrogen (secondary N) is 1. The normalized spacial score (nSPS) is 22.4. The highest BCUT2D eigenvalue weighted by Gasteiger charge is 2.30. The number of fused-ring (bicyclic) bond motifs is 1. The summed E-state index contributed by atoms with van der Waals surface area (Å²) in [5.41, 5.74) is 2.31. The van der Waals surface area contributed by atoms with E-state index in [2.05, 4.69) is 24.4 Å². The summed E-state index contributed by atoms with van der Waals surface area (Å²) in [5, 5.41) is 2.93. The molecule has 1 fully saturated rings. The Labute approximate surface area is 120 Å². The highest BCUT2D eigenvalue weighted by molar-refractivity contribution is 5.95. The van der Waals surface area contributed by atoms with Crippen molar-refractivity contribution in [3.05, 3.63) is 42.1 Å². The monoisotopic (exact) mass is 270 g/mol. The number of rotatable bonds is 2. The van der Waals surface area contributed by atoms with Crippen molar-refractivity contribution in [1.29, 1.82) is 0 Å². The molecule has 3 nitrogen and oxygen atoms in total. The van der Waals surface area contributed by atoms with Gasteiger partial charge in [-0.2, -0.15) is 0 Å². The molecule has 3 rings (SSSR count). The molecule has 0 spiro atoms. The smallest absolute Gasteiger partial charge is 0.315 e. The second kappa shape index (κ2) is 5.70. The average Bonchev–Trinajstić information content (AvgIpc) is 3.04. The lowest BCUT2D eigenvalue weighted by Crippen LogP contribution is -2.41. The molecule has 1 aromatic rings. The molecule has 1 aromatic carbocycles. The van der Waals surface area contributed by atoms with Crippen LogP contribution in [0.4, 0.5) is 10.5 Å². The summed E-state index contributed by atoms with van der Waals surface area (Å²) in [4.78, 5) is 14.2. The molecule has 1 aliphatic carbocycles. The maximum Gasteiger partial charge on any atom is 0.326 e. The maximum atomic E-state index is 12.4. The molecule has 1 atom stereocenters. The Morgan fingerprint density at radius 2 is 2.05 bits per heavy atom. The predicted octanol–water partition coefficient (Wildman–Crippen LogP) is 3.85. The number of hydrogen-bond donors (Lipinski definition) is 1. The number of para-hydroxylation sites is 1. The molecular formula is C17H22N2O. The number of benzene rings is 1. The minimum absolute atomic E-state index is 0.0169. The van der Waals surface area contributed by atoms with E-state index >= 15 is 0 Å². The molecule has 1 saturated carbocycles. The summed E-state index contributed by atoms with van der Waals surface area (Å²) >= 11 is 0. The summed E-state index contributed by atoms with van der Waals surface area (Å²) < 4.78 is 0. The van der Waals surface area contributed by atoms with E-state index in [0.29, 0.717) is 5.92 Å². The zero-order valence-electron chi connectivity index (χ0n) is 12.0. The van der Waals surface area contributed by atoms with E-state index in [-0.39, 0.29) is 12.1 Å². The van der Waals surface area contributed by atoms with Crippen LogP contribution in [0.3, 0.4) is 0 Å². The summed E-state index contributed by atoms with van der Waals surface area (Å²) in [6, 6.07) is 8.37. The third-order valence-corrected chi connectivity index (χ3v) is 4.40. The standard InChI is InChI=1S/C17H22N2O/c1-13-12-15-8-4-5-9-16(15)19(13)17(20)18-11-10-14-6-2-3-7-14/h4-5,8-11,13-14H,2-3,6-7,12H2,1H3,(H,18,20)/b11-10+. The van der Waals surface area contributed by atoms with Crippen molar-refractivity contribution in [2.24, 2.45) is 5.92 Å². The maximum absolute atomic E-state index is 12.4. The van der Waals surface area contributed by atoms with Crippen LogP contribution in [0.2, 0.25) is 0 Å². The number of urea groups is 1. The lowest BCUT2D eigenvalue weighted by atomic mass is 10.1. The van der Waals surface area contributed by atoms with Crippen LogP contribution in [-0.4, -0.2) is 12.1 Å². The molecule has 1 heterocycles. The van der Waals surface area contributed by atoms with Gasteiger partial charge < -0.3 is 5.32 Å². The summed E-state index contributed by atoms with van der Waals surface area (Å²) in [6.07, 6.45) is 10.1. The van der Waals surface area contributed by atoms with Gasteiger partial charge in [-0.25, -0.2) is 4.79 Å². The Morgan fingerprint density at radius 1 is 1.30 bits per heavy atom. The molecule has 0 aromatic heterocycles. The van der Waals surface area contributed by atoms with Gasteiger partial charge in [0.15, 0.2) is 0 Å². The van der Waals surface area contributed by atoms with E-state index in [9.17, 15) is 4.79 Å². The van der Waals surface area contributed by atoms with Gasteiger partial charge in [0.25, 0.3) is 0 Å². The molecule has 1 N–H and O–H groups in total. The van der Waals surface area contributed by atoms with Gasteiger partial charge in [-0.1, -0.05) is 37.1 Å². The number of allylic oxidation sites excluding steroid dienone is 1. The first-order chi connectivity index (χ1) is 9.75. The van der Waals surface area contributed by atoms with Crippen LogP contribution in [0.15, 0.2) is 36.5 Å². The number of amides is 2. The van der Waals surface area contributed by atoms with Gasteiger partial charge in [-0.05, 0) is 43.7 Å². The van der Waals surface area contributed by atoms with Gasteiger partial charge >= 0.3 is 6.03 Å². The molecule has 0 radical (unpaired) electrons. The first-order valence-electron chi connectivity index (χ1n) is 7.60. The summed E-state index contributed by atoms with van der Waals surface area (Å²) in [5.74, 6) is 0.651. The molecule has 20 heavy (non-hydrogen) atoms. The van der Waals surface area contributed by atoms with Crippen LogP contribution in [0.5, 0.6) is 0 Å². The Hall–Kier alpha value is -1.77. The van der Waals surface area contributed by atoms with E-state index in [1.807, 2.05) is 29.3 Å². The highest BCUT2D eigenvalue weighted by atomic mass is 16.2. The molecule has 2 amide bonds. The molecule has 1 aliphatic heterocycles. The third kappa shape index (κ3) is 2.58. The van der Waals surface area contributed by atoms with Crippen LogP contribution >= 0.6 is 0 Å². The topological polar surface area (TPSA) is 32.3 Å². The fourth-order valence-corrected chi connectivity index (χ4v) is 3.35. The zero-order chi connectivity index (χ0) is 13.9. The summed E-state index contributed by atoms with van der Waals surface area (Å²) in [7, 11) is 0. The molecule has 0 saturated heterocycles. The van der Waals surface area contributed by atoms with Crippen LogP contribution < -0.4 is 10.2 Å². The second-order valence-electron chi connectivity index (χ2n) is 5.91. The fourth-order valence-electron chi connectivity index (χ4n) is 3.35. The Morgan fingerprint density at radius 3 is 2.85 bits per heavy atom. The first-order valence-corrected chi connectivity index (χ1v) is 7.60. The van der Waals surface area contributed by atoms with Crippen LogP contribution in [0.1, 0.15) is 38.2 Å².